The number of alkyl halides is 2. The Morgan fingerprint density at radius 1 is 1.43 bits per heavy atom. The summed E-state index contributed by atoms with van der Waals surface area (Å²) in [7, 11) is 0. The van der Waals surface area contributed by atoms with E-state index in [9.17, 15) is 8.78 Å². The van der Waals surface area contributed by atoms with Crippen molar-refractivity contribution in [3.8, 4) is 0 Å². The quantitative estimate of drug-likeness (QED) is 0.748. The van der Waals surface area contributed by atoms with Crippen LogP contribution in [0.2, 0.25) is 0 Å². The lowest BCUT2D eigenvalue weighted by Gasteiger charge is -2.30. The van der Waals surface area contributed by atoms with Gasteiger partial charge in [0.2, 0.25) is 0 Å². The summed E-state index contributed by atoms with van der Waals surface area (Å²) in [6.45, 7) is -0.348. The van der Waals surface area contributed by atoms with Crippen LogP contribution in [0.1, 0.15) is 17.2 Å². The molecule has 2 rings (SSSR count). The summed E-state index contributed by atoms with van der Waals surface area (Å²) in [6.07, 6.45) is -0.397. The predicted molar refractivity (Wildman–Crippen MR) is 48.1 cm³/mol. The summed E-state index contributed by atoms with van der Waals surface area (Å²) in [6, 6.07) is 6.39. The molecule has 76 valence electrons. The van der Waals surface area contributed by atoms with Crippen LogP contribution in [0.4, 0.5) is 8.78 Å². The Kier molecular flexibility index (Phi) is 2.25. The van der Waals surface area contributed by atoms with Gasteiger partial charge in [-0.3, -0.25) is 0 Å². The maximum absolute atomic E-state index is 13.3. The van der Waals surface area contributed by atoms with Crippen molar-refractivity contribution in [2.75, 3.05) is 13.2 Å². The fraction of sp³-hybridized carbons (Fsp3) is 0.400. The molecule has 0 saturated carbocycles. The van der Waals surface area contributed by atoms with Crippen LogP contribution >= 0.6 is 0 Å². The predicted octanol–water partition coefficient (Wildman–Crippen LogP) is 1.81. The van der Waals surface area contributed by atoms with Gasteiger partial charge in [-0.1, -0.05) is 24.3 Å². The molecule has 0 amide bonds. The molecule has 2 nitrogen and oxygen atoms in total. The summed E-state index contributed by atoms with van der Waals surface area (Å²) in [4.78, 5) is 0. The molecular weight excluding hydrogens is 188 g/mol. The van der Waals surface area contributed by atoms with Gasteiger partial charge in [-0.25, -0.2) is 0 Å². The Balaban J connectivity index is 2.49. The first-order valence-electron chi connectivity index (χ1n) is 4.44. The molecule has 1 atom stereocenters. The zero-order valence-electron chi connectivity index (χ0n) is 7.54. The van der Waals surface area contributed by atoms with Crippen LogP contribution in [0, 0.1) is 0 Å². The number of halogens is 2. The van der Waals surface area contributed by atoms with Crippen molar-refractivity contribution in [1.82, 2.24) is 0 Å². The van der Waals surface area contributed by atoms with Gasteiger partial charge >= 0.3 is 0 Å². The van der Waals surface area contributed by atoms with E-state index in [1.54, 1.807) is 18.2 Å². The van der Waals surface area contributed by atoms with Crippen molar-refractivity contribution >= 4 is 0 Å². The van der Waals surface area contributed by atoms with Gasteiger partial charge in [0, 0.05) is 12.1 Å². The minimum atomic E-state index is -2.89. The first-order valence-corrected chi connectivity index (χ1v) is 4.44. The molecule has 1 aliphatic rings. The van der Waals surface area contributed by atoms with E-state index in [1.807, 2.05) is 0 Å². The second kappa shape index (κ2) is 3.29. The second-order valence-electron chi connectivity index (χ2n) is 3.33. The van der Waals surface area contributed by atoms with Crippen LogP contribution < -0.4 is 5.73 Å². The Labute approximate surface area is 80.7 Å². The normalized spacial score (nSPS) is 24.4. The molecule has 0 fully saturated rings. The molecule has 0 aromatic heterocycles. The van der Waals surface area contributed by atoms with Crippen molar-refractivity contribution in [2.24, 2.45) is 5.73 Å². The summed E-state index contributed by atoms with van der Waals surface area (Å²) in [5.74, 6) is -2.89. The number of rotatable bonds is 1. The van der Waals surface area contributed by atoms with Gasteiger partial charge in [0.25, 0.3) is 5.92 Å². The molecule has 2 N–H and O–H groups in total. The second-order valence-corrected chi connectivity index (χ2v) is 3.33. The fourth-order valence-electron chi connectivity index (χ4n) is 1.68. The molecule has 1 aliphatic heterocycles. The topological polar surface area (TPSA) is 35.2 Å². The first kappa shape index (κ1) is 9.55. The Morgan fingerprint density at radius 3 is 2.86 bits per heavy atom. The molecule has 0 saturated heterocycles. The van der Waals surface area contributed by atoms with Crippen molar-refractivity contribution in [1.29, 1.82) is 0 Å². The molecule has 1 aromatic rings. The number of hydrogen-bond acceptors (Lipinski definition) is 2. The van der Waals surface area contributed by atoms with E-state index in [0.717, 1.165) is 0 Å². The van der Waals surface area contributed by atoms with Crippen LogP contribution in [0.3, 0.4) is 0 Å². The van der Waals surface area contributed by atoms with Gasteiger partial charge in [0.15, 0.2) is 0 Å². The Bertz CT molecular complexity index is 341. The van der Waals surface area contributed by atoms with Gasteiger partial charge in [-0.05, 0) is 5.56 Å². The molecule has 4 heteroatoms. The lowest BCUT2D eigenvalue weighted by Crippen LogP contribution is -2.33. The summed E-state index contributed by atoms with van der Waals surface area (Å²) in [5, 5.41) is 0. The van der Waals surface area contributed by atoms with E-state index in [-0.39, 0.29) is 12.1 Å². The number of ether oxygens (including phenoxy) is 1. The third-order valence-corrected chi connectivity index (χ3v) is 2.38. The van der Waals surface area contributed by atoms with Crippen LogP contribution in [-0.4, -0.2) is 13.2 Å². The number of fused-ring (bicyclic) bond motifs is 1. The SMILES string of the molecule is NC[C@@H]1OCC(F)(F)c2ccccc21. The highest BCUT2D eigenvalue weighted by Gasteiger charge is 2.40. The maximum Gasteiger partial charge on any atom is 0.296 e. The Morgan fingerprint density at radius 2 is 2.14 bits per heavy atom. The lowest BCUT2D eigenvalue weighted by molar-refractivity contribution is -0.122. The number of nitrogens with two attached hydrogens (primary N) is 1. The molecule has 0 radical (unpaired) electrons. The highest BCUT2D eigenvalue weighted by Crippen LogP contribution is 2.39. The van der Waals surface area contributed by atoms with Crippen LogP contribution in [0.15, 0.2) is 24.3 Å². The highest BCUT2D eigenvalue weighted by atomic mass is 19.3. The fourth-order valence-corrected chi connectivity index (χ4v) is 1.68. The van der Waals surface area contributed by atoms with Crippen molar-refractivity contribution < 1.29 is 13.5 Å². The largest absolute Gasteiger partial charge is 0.366 e. The van der Waals surface area contributed by atoms with Crippen molar-refractivity contribution in [2.45, 2.75) is 12.0 Å². The van der Waals surface area contributed by atoms with Gasteiger partial charge in [0.1, 0.15) is 6.61 Å². The number of benzene rings is 1. The minimum absolute atomic E-state index is 0.0432. The molecular formula is C10H11F2NO. The smallest absolute Gasteiger partial charge is 0.296 e. The van der Waals surface area contributed by atoms with E-state index in [1.165, 1.54) is 6.07 Å². The first-order chi connectivity index (χ1) is 6.65. The van der Waals surface area contributed by atoms with E-state index < -0.39 is 18.6 Å². The highest BCUT2D eigenvalue weighted by molar-refractivity contribution is 5.34. The minimum Gasteiger partial charge on any atom is -0.366 e. The van der Waals surface area contributed by atoms with Gasteiger partial charge in [-0.2, -0.15) is 8.78 Å². The molecule has 0 unspecified atom stereocenters. The lowest BCUT2D eigenvalue weighted by atomic mass is 9.95. The van der Waals surface area contributed by atoms with Gasteiger partial charge < -0.3 is 10.5 Å². The molecule has 0 bridgehead atoms. The zero-order chi connectivity index (χ0) is 10.2. The average Bonchev–Trinajstić information content (AvgIpc) is 2.18. The van der Waals surface area contributed by atoms with Gasteiger partial charge in [-0.15, -0.1) is 0 Å². The third kappa shape index (κ3) is 1.40. The number of hydrogen-bond donors (Lipinski definition) is 1. The maximum atomic E-state index is 13.3. The average molecular weight is 199 g/mol. The molecule has 1 aromatic carbocycles. The Hall–Kier alpha value is -1.00. The van der Waals surface area contributed by atoms with Crippen molar-refractivity contribution in [3.63, 3.8) is 0 Å². The summed E-state index contributed by atoms with van der Waals surface area (Å²) >= 11 is 0. The van der Waals surface area contributed by atoms with Crippen LogP contribution in [-0.2, 0) is 10.7 Å². The molecule has 0 spiro atoms. The zero-order valence-corrected chi connectivity index (χ0v) is 7.54. The monoisotopic (exact) mass is 199 g/mol. The van der Waals surface area contributed by atoms with Crippen LogP contribution in [0.25, 0.3) is 0 Å². The van der Waals surface area contributed by atoms with Crippen molar-refractivity contribution in [3.05, 3.63) is 35.4 Å². The van der Waals surface area contributed by atoms with E-state index in [4.69, 9.17) is 10.5 Å². The van der Waals surface area contributed by atoms with E-state index in [2.05, 4.69) is 0 Å². The molecule has 14 heavy (non-hydrogen) atoms. The van der Waals surface area contributed by atoms with E-state index >= 15 is 0 Å². The molecule has 1 heterocycles. The van der Waals surface area contributed by atoms with Gasteiger partial charge in [0.05, 0.1) is 6.10 Å². The third-order valence-electron chi connectivity index (χ3n) is 2.38. The standard InChI is InChI=1S/C10H11F2NO/c11-10(12)6-14-9(5-13)7-3-1-2-4-8(7)10/h1-4,9H,5-6,13H2/t9-/m0/s1. The molecule has 0 aliphatic carbocycles. The summed E-state index contributed by atoms with van der Waals surface area (Å²) in [5.41, 5.74) is 5.99. The summed E-state index contributed by atoms with van der Waals surface area (Å²) < 4.78 is 31.7. The van der Waals surface area contributed by atoms with E-state index in [0.29, 0.717) is 5.56 Å². The van der Waals surface area contributed by atoms with Crippen LogP contribution in [0.5, 0.6) is 0 Å².